The van der Waals surface area contributed by atoms with Gasteiger partial charge in [-0.15, -0.1) is 0 Å². The third kappa shape index (κ3) is 4.57. The second kappa shape index (κ2) is 8.12. The summed E-state index contributed by atoms with van der Waals surface area (Å²) in [6, 6.07) is 10.4. The molecule has 132 valence electrons. The molecule has 3 rings (SSSR count). The van der Waals surface area contributed by atoms with Crippen LogP contribution in [0.4, 0.5) is 4.79 Å². The van der Waals surface area contributed by atoms with Crippen molar-refractivity contribution in [2.24, 2.45) is 0 Å². The molecule has 1 aliphatic heterocycles. The molecule has 2 aromatic rings. The number of carbonyl (C=O) groups is 1. The van der Waals surface area contributed by atoms with Crippen molar-refractivity contribution in [2.45, 2.75) is 32.9 Å². The first-order valence-corrected chi connectivity index (χ1v) is 8.79. The van der Waals surface area contributed by atoms with Gasteiger partial charge >= 0.3 is 6.03 Å². The summed E-state index contributed by atoms with van der Waals surface area (Å²) in [5.74, 6) is 0. The van der Waals surface area contributed by atoms with E-state index in [1.54, 1.807) is 6.20 Å². The van der Waals surface area contributed by atoms with Crippen LogP contribution in [0.3, 0.4) is 0 Å². The van der Waals surface area contributed by atoms with Crippen molar-refractivity contribution < 1.29 is 9.53 Å². The summed E-state index contributed by atoms with van der Waals surface area (Å²) in [6.45, 7) is 6.36. The Hall–Kier alpha value is -2.40. The number of nitrogens with one attached hydrogen (secondary N) is 1. The van der Waals surface area contributed by atoms with Crippen molar-refractivity contribution in [2.75, 3.05) is 19.7 Å². The van der Waals surface area contributed by atoms with Gasteiger partial charge < -0.3 is 15.0 Å². The normalized spacial score (nSPS) is 17.4. The molecule has 2 amide bonds. The predicted octanol–water partition coefficient (Wildman–Crippen LogP) is 3.24. The summed E-state index contributed by atoms with van der Waals surface area (Å²) in [4.78, 5) is 18.5. The van der Waals surface area contributed by atoms with Crippen LogP contribution in [-0.4, -0.2) is 35.6 Å². The minimum Gasteiger partial charge on any atom is -0.370 e. The highest BCUT2D eigenvalue weighted by Crippen LogP contribution is 2.22. The van der Waals surface area contributed by atoms with E-state index < -0.39 is 0 Å². The fourth-order valence-corrected chi connectivity index (χ4v) is 3.01. The van der Waals surface area contributed by atoms with Crippen LogP contribution < -0.4 is 5.32 Å². The van der Waals surface area contributed by atoms with E-state index in [0.717, 1.165) is 23.1 Å². The molecule has 1 atom stereocenters. The first kappa shape index (κ1) is 17.4. The number of morpholine rings is 1. The van der Waals surface area contributed by atoms with E-state index in [1.807, 2.05) is 24.1 Å². The number of benzene rings is 1. The Bertz CT molecular complexity index is 715. The van der Waals surface area contributed by atoms with Gasteiger partial charge in [-0.05, 0) is 35.6 Å². The number of amides is 2. The van der Waals surface area contributed by atoms with Gasteiger partial charge in [0.25, 0.3) is 0 Å². The summed E-state index contributed by atoms with van der Waals surface area (Å²) >= 11 is 0. The second-order valence-corrected chi connectivity index (χ2v) is 6.43. The van der Waals surface area contributed by atoms with Crippen LogP contribution in [0.2, 0.25) is 0 Å². The van der Waals surface area contributed by atoms with Crippen molar-refractivity contribution in [3.05, 3.63) is 65.0 Å². The average Bonchev–Trinajstić information content (AvgIpc) is 2.66. The first-order chi connectivity index (χ1) is 12.2. The second-order valence-electron chi connectivity index (χ2n) is 6.43. The molecule has 1 saturated heterocycles. The van der Waals surface area contributed by atoms with Crippen LogP contribution in [0.5, 0.6) is 0 Å². The SMILES string of the molecule is CCc1ccc([C@H]2CN(C(=O)NCc3cncc(C)c3)CCO2)cc1. The highest BCUT2D eigenvalue weighted by molar-refractivity contribution is 5.74. The zero-order valence-electron chi connectivity index (χ0n) is 14.9. The zero-order valence-corrected chi connectivity index (χ0v) is 14.9. The molecule has 0 radical (unpaired) electrons. The zero-order chi connectivity index (χ0) is 17.6. The molecule has 1 aliphatic rings. The van der Waals surface area contributed by atoms with Crippen molar-refractivity contribution in [1.29, 1.82) is 0 Å². The van der Waals surface area contributed by atoms with E-state index in [-0.39, 0.29) is 12.1 Å². The van der Waals surface area contributed by atoms with Gasteiger partial charge in [0.15, 0.2) is 0 Å². The van der Waals surface area contributed by atoms with Gasteiger partial charge in [-0.1, -0.05) is 37.3 Å². The molecule has 5 nitrogen and oxygen atoms in total. The molecular weight excluding hydrogens is 314 g/mol. The average molecular weight is 339 g/mol. The smallest absolute Gasteiger partial charge is 0.317 e. The van der Waals surface area contributed by atoms with Crippen molar-refractivity contribution in [3.63, 3.8) is 0 Å². The first-order valence-electron chi connectivity index (χ1n) is 8.79. The summed E-state index contributed by atoms with van der Waals surface area (Å²) in [7, 11) is 0. The molecule has 0 bridgehead atoms. The summed E-state index contributed by atoms with van der Waals surface area (Å²) in [5.41, 5.74) is 4.53. The highest BCUT2D eigenvalue weighted by Gasteiger charge is 2.25. The summed E-state index contributed by atoms with van der Waals surface area (Å²) < 4.78 is 5.86. The lowest BCUT2D eigenvalue weighted by Crippen LogP contribution is -2.46. The molecule has 5 heteroatoms. The largest absolute Gasteiger partial charge is 0.370 e. The Morgan fingerprint density at radius 2 is 2.08 bits per heavy atom. The molecule has 0 saturated carbocycles. The Kier molecular flexibility index (Phi) is 5.66. The molecule has 1 aromatic heterocycles. The lowest BCUT2D eigenvalue weighted by atomic mass is 10.0. The third-order valence-electron chi connectivity index (χ3n) is 4.49. The van der Waals surface area contributed by atoms with E-state index in [0.29, 0.717) is 26.2 Å². The number of pyridine rings is 1. The lowest BCUT2D eigenvalue weighted by molar-refractivity contribution is -0.0154. The summed E-state index contributed by atoms with van der Waals surface area (Å²) in [6.07, 6.45) is 4.55. The van der Waals surface area contributed by atoms with E-state index in [4.69, 9.17) is 4.74 Å². The Labute approximate surface area is 149 Å². The Morgan fingerprint density at radius 1 is 1.28 bits per heavy atom. The van der Waals surface area contributed by atoms with Crippen LogP contribution in [0.25, 0.3) is 0 Å². The van der Waals surface area contributed by atoms with Gasteiger partial charge in [0.2, 0.25) is 0 Å². The number of hydrogen-bond donors (Lipinski definition) is 1. The molecule has 0 aliphatic carbocycles. The summed E-state index contributed by atoms with van der Waals surface area (Å²) in [5, 5.41) is 2.98. The minimum absolute atomic E-state index is 0.0556. The Morgan fingerprint density at radius 3 is 2.80 bits per heavy atom. The number of hydrogen-bond acceptors (Lipinski definition) is 3. The standard InChI is InChI=1S/C20H25N3O2/c1-3-16-4-6-18(7-5-16)19-14-23(8-9-25-19)20(24)22-13-17-10-15(2)11-21-12-17/h4-7,10-12,19H,3,8-9,13-14H2,1-2H3,(H,22,24)/t19-/m1/s1. The van der Waals surface area contributed by atoms with Gasteiger partial charge in [0.1, 0.15) is 6.10 Å². The van der Waals surface area contributed by atoms with Crippen LogP contribution >= 0.6 is 0 Å². The molecule has 1 N–H and O–H groups in total. The molecule has 0 spiro atoms. The van der Waals surface area contributed by atoms with Crippen molar-refractivity contribution in [3.8, 4) is 0 Å². The van der Waals surface area contributed by atoms with Crippen LogP contribution in [0.15, 0.2) is 42.7 Å². The number of aryl methyl sites for hydroxylation is 2. The number of rotatable bonds is 4. The molecular formula is C20H25N3O2. The molecule has 25 heavy (non-hydrogen) atoms. The Balaban J connectivity index is 1.57. The van der Waals surface area contributed by atoms with Gasteiger partial charge in [0.05, 0.1) is 13.2 Å². The van der Waals surface area contributed by atoms with Crippen molar-refractivity contribution in [1.82, 2.24) is 15.2 Å². The topological polar surface area (TPSA) is 54.5 Å². The number of carbonyl (C=O) groups excluding carboxylic acids is 1. The fraction of sp³-hybridized carbons (Fsp3) is 0.400. The maximum Gasteiger partial charge on any atom is 0.317 e. The van der Waals surface area contributed by atoms with E-state index in [9.17, 15) is 4.79 Å². The van der Waals surface area contributed by atoms with Gasteiger partial charge in [-0.3, -0.25) is 4.98 Å². The van der Waals surface area contributed by atoms with Crippen LogP contribution in [0, 0.1) is 6.92 Å². The van der Waals surface area contributed by atoms with Gasteiger partial charge in [-0.2, -0.15) is 0 Å². The predicted molar refractivity (Wildman–Crippen MR) is 97.3 cm³/mol. The van der Waals surface area contributed by atoms with Crippen molar-refractivity contribution >= 4 is 6.03 Å². The molecule has 1 fully saturated rings. The quantitative estimate of drug-likeness (QED) is 0.930. The van der Waals surface area contributed by atoms with Gasteiger partial charge in [0, 0.05) is 25.5 Å². The number of ether oxygens (including phenoxy) is 1. The molecule has 2 heterocycles. The number of urea groups is 1. The maximum absolute atomic E-state index is 12.5. The van der Waals surface area contributed by atoms with Crippen LogP contribution in [-0.2, 0) is 17.7 Å². The molecule has 0 unspecified atom stereocenters. The molecule has 1 aromatic carbocycles. The highest BCUT2D eigenvalue weighted by atomic mass is 16.5. The lowest BCUT2D eigenvalue weighted by Gasteiger charge is -2.33. The van der Waals surface area contributed by atoms with Crippen LogP contribution in [0.1, 0.15) is 35.3 Å². The van der Waals surface area contributed by atoms with Gasteiger partial charge in [-0.25, -0.2) is 4.79 Å². The monoisotopic (exact) mass is 339 g/mol. The maximum atomic E-state index is 12.5. The van der Waals surface area contributed by atoms with E-state index >= 15 is 0 Å². The van der Waals surface area contributed by atoms with E-state index in [2.05, 4.69) is 41.5 Å². The number of aromatic nitrogens is 1. The fourth-order valence-electron chi connectivity index (χ4n) is 3.01. The third-order valence-corrected chi connectivity index (χ3v) is 4.49. The number of nitrogens with zero attached hydrogens (tertiary/aromatic N) is 2. The van der Waals surface area contributed by atoms with E-state index in [1.165, 1.54) is 5.56 Å². The minimum atomic E-state index is -0.0638.